The Bertz CT molecular complexity index is 715. The molecule has 1 fully saturated rings. The summed E-state index contributed by atoms with van der Waals surface area (Å²) in [5, 5.41) is 2.74. The van der Waals surface area contributed by atoms with Crippen LogP contribution in [-0.2, 0) is 9.59 Å². The molecule has 3 rings (SSSR count). The highest BCUT2D eigenvalue weighted by Gasteiger charge is 2.33. The number of thiazole rings is 1. The summed E-state index contributed by atoms with van der Waals surface area (Å²) < 4.78 is 1.02. The van der Waals surface area contributed by atoms with Gasteiger partial charge in [-0.1, -0.05) is 39.8 Å². The zero-order valence-electron chi connectivity index (χ0n) is 11.8. The lowest BCUT2D eigenvalue weighted by molar-refractivity contribution is -0.117. The van der Waals surface area contributed by atoms with Crippen LogP contribution in [-0.4, -0.2) is 27.8 Å². The zero-order valence-corrected chi connectivity index (χ0v) is 15.0. The Morgan fingerprint density at radius 2 is 2.14 bits per heavy atom. The van der Waals surface area contributed by atoms with E-state index in [4.69, 9.17) is 0 Å². The first-order chi connectivity index (χ1) is 10.5. The topological polar surface area (TPSA) is 50.3 Å². The van der Waals surface area contributed by atoms with Gasteiger partial charge in [-0.2, -0.15) is 0 Å². The average Bonchev–Trinajstić information content (AvgIpc) is 3.06. The highest BCUT2D eigenvalue weighted by atomic mass is 79.9. The van der Waals surface area contributed by atoms with Gasteiger partial charge in [0, 0.05) is 40.6 Å². The number of rotatable bonds is 3. The van der Waals surface area contributed by atoms with E-state index in [1.807, 2.05) is 29.6 Å². The lowest BCUT2D eigenvalue weighted by atomic mass is 10.2. The molecule has 2 aromatic rings. The highest BCUT2D eigenvalue weighted by molar-refractivity contribution is 9.10. The molecule has 1 atom stereocenters. The van der Waals surface area contributed by atoms with Crippen LogP contribution in [0.5, 0.6) is 0 Å². The molecule has 1 saturated heterocycles. The molecule has 1 unspecified atom stereocenters. The van der Waals surface area contributed by atoms with Crippen LogP contribution in [0, 0.1) is 0 Å². The highest BCUT2D eigenvalue weighted by Crippen LogP contribution is 2.33. The summed E-state index contributed by atoms with van der Waals surface area (Å²) in [6, 6.07) is 7.91. The molecule has 2 heterocycles. The van der Waals surface area contributed by atoms with Gasteiger partial charge in [0.15, 0.2) is 10.2 Å². The molecule has 1 aromatic carbocycles. The van der Waals surface area contributed by atoms with Crippen molar-refractivity contribution in [1.29, 1.82) is 0 Å². The quantitative estimate of drug-likeness (QED) is 0.787. The molecule has 0 aliphatic carbocycles. The molecule has 7 heteroatoms. The van der Waals surface area contributed by atoms with Crippen LogP contribution in [0.1, 0.15) is 13.3 Å². The SMILES string of the molecule is CC(=O)SC1CC(=O)N(c2nc(-c3ccc(Br)cc3)cs2)C1. The van der Waals surface area contributed by atoms with Crippen molar-refractivity contribution >= 4 is 55.2 Å². The monoisotopic (exact) mass is 396 g/mol. The maximum Gasteiger partial charge on any atom is 0.230 e. The van der Waals surface area contributed by atoms with E-state index in [2.05, 4.69) is 20.9 Å². The summed E-state index contributed by atoms with van der Waals surface area (Å²) in [6.07, 6.45) is 0.400. The molecule has 0 radical (unpaired) electrons. The van der Waals surface area contributed by atoms with E-state index >= 15 is 0 Å². The summed E-state index contributed by atoms with van der Waals surface area (Å²) in [7, 11) is 0. The smallest absolute Gasteiger partial charge is 0.230 e. The fourth-order valence-corrected chi connectivity index (χ4v) is 4.36. The fraction of sp³-hybridized carbons (Fsp3) is 0.267. The van der Waals surface area contributed by atoms with Crippen LogP contribution < -0.4 is 4.90 Å². The average molecular weight is 397 g/mol. The second-order valence-corrected chi connectivity index (χ2v) is 8.19. The predicted octanol–water partition coefficient (Wildman–Crippen LogP) is 3.96. The largest absolute Gasteiger partial charge is 0.288 e. The number of hydrogen-bond acceptors (Lipinski definition) is 5. The van der Waals surface area contributed by atoms with Crippen LogP contribution in [0.25, 0.3) is 11.3 Å². The van der Waals surface area contributed by atoms with E-state index in [1.165, 1.54) is 30.0 Å². The molecule has 1 aromatic heterocycles. The number of amides is 1. The van der Waals surface area contributed by atoms with E-state index in [-0.39, 0.29) is 16.3 Å². The van der Waals surface area contributed by atoms with Crippen LogP contribution >= 0.6 is 39.0 Å². The maximum absolute atomic E-state index is 12.1. The summed E-state index contributed by atoms with van der Waals surface area (Å²) in [4.78, 5) is 29.6. The number of carbonyl (C=O) groups excluding carboxylic acids is 2. The predicted molar refractivity (Wildman–Crippen MR) is 94.3 cm³/mol. The Kier molecular flexibility index (Phi) is 4.65. The first kappa shape index (κ1) is 15.7. The molecule has 0 spiro atoms. The molecule has 0 saturated carbocycles. The van der Waals surface area contributed by atoms with Gasteiger partial charge in [-0.3, -0.25) is 14.5 Å². The summed E-state index contributed by atoms with van der Waals surface area (Å²) in [6.45, 7) is 2.09. The number of benzene rings is 1. The molecule has 1 aliphatic rings. The first-order valence-corrected chi connectivity index (χ1v) is 9.27. The normalized spacial score (nSPS) is 18.0. The minimum absolute atomic E-state index is 0.0324. The first-order valence-electron chi connectivity index (χ1n) is 6.72. The Morgan fingerprint density at radius 1 is 1.41 bits per heavy atom. The van der Waals surface area contributed by atoms with Crippen molar-refractivity contribution in [1.82, 2.24) is 4.98 Å². The van der Waals surface area contributed by atoms with Crippen molar-refractivity contribution in [3.05, 3.63) is 34.1 Å². The van der Waals surface area contributed by atoms with Crippen LogP contribution in [0.2, 0.25) is 0 Å². The molecular formula is C15H13BrN2O2S2. The zero-order chi connectivity index (χ0) is 15.7. The molecule has 0 bridgehead atoms. The van der Waals surface area contributed by atoms with Crippen molar-refractivity contribution < 1.29 is 9.59 Å². The van der Waals surface area contributed by atoms with Crippen molar-refractivity contribution in [2.24, 2.45) is 0 Å². The number of carbonyl (C=O) groups is 2. The number of nitrogens with zero attached hydrogens (tertiary/aromatic N) is 2. The minimum Gasteiger partial charge on any atom is -0.288 e. The van der Waals surface area contributed by atoms with Crippen LogP contribution in [0.15, 0.2) is 34.1 Å². The van der Waals surface area contributed by atoms with Gasteiger partial charge in [-0.05, 0) is 12.1 Å². The van der Waals surface area contributed by atoms with Gasteiger partial charge in [0.05, 0.1) is 5.69 Å². The third-order valence-corrected chi connectivity index (χ3v) is 5.66. The Labute approximate surface area is 145 Å². The Balaban J connectivity index is 1.77. The number of thioether (sulfide) groups is 1. The summed E-state index contributed by atoms with van der Waals surface area (Å²) in [5.41, 5.74) is 1.88. The van der Waals surface area contributed by atoms with Gasteiger partial charge in [-0.25, -0.2) is 4.98 Å². The molecule has 1 amide bonds. The van der Waals surface area contributed by atoms with Gasteiger partial charge in [0.2, 0.25) is 5.91 Å². The van der Waals surface area contributed by atoms with Crippen LogP contribution in [0.3, 0.4) is 0 Å². The van der Waals surface area contributed by atoms with Gasteiger partial charge in [-0.15, -0.1) is 11.3 Å². The lowest BCUT2D eigenvalue weighted by Gasteiger charge is -2.12. The van der Waals surface area contributed by atoms with E-state index < -0.39 is 0 Å². The van der Waals surface area contributed by atoms with E-state index in [0.29, 0.717) is 18.1 Å². The van der Waals surface area contributed by atoms with Crippen LogP contribution in [0.4, 0.5) is 5.13 Å². The van der Waals surface area contributed by atoms with E-state index in [1.54, 1.807) is 4.90 Å². The minimum atomic E-state index is 0.0324. The number of halogens is 1. The molecular weight excluding hydrogens is 384 g/mol. The van der Waals surface area contributed by atoms with Gasteiger partial charge < -0.3 is 0 Å². The standard InChI is InChI=1S/C15H13BrN2O2S2/c1-9(19)22-12-6-14(20)18(7-12)15-17-13(8-21-15)10-2-4-11(16)5-3-10/h2-5,8,12H,6-7H2,1H3. The fourth-order valence-electron chi connectivity index (χ4n) is 2.31. The van der Waals surface area contributed by atoms with E-state index in [9.17, 15) is 9.59 Å². The summed E-state index contributed by atoms with van der Waals surface area (Å²) >= 11 is 6.11. The molecule has 0 N–H and O–H groups in total. The number of hydrogen-bond donors (Lipinski definition) is 0. The van der Waals surface area contributed by atoms with Crippen molar-refractivity contribution in [2.45, 2.75) is 18.6 Å². The Morgan fingerprint density at radius 3 is 2.82 bits per heavy atom. The molecule has 1 aliphatic heterocycles. The number of anilines is 1. The second kappa shape index (κ2) is 6.52. The van der Waals surface area contributed by atoms with Gasteiger partial charge >= 0.3 is 0 Å². The third-order valence-electron chi connectivity index (χ3n) is 3.29. The van der Waals surface area contributed by atoms with Gasteiger partial charge in [0.1, 0.15) is 0 Å². The maximum atomic E-state index is 12.1. The van der Waals surface area contributed by atoms with Crippen molar-refractivity contribution in [3.63, 3.8) is 0 Å². The van der Waals surface area contributed by atoms with E-state index in [0.717, 1.165) is 15.7 Å². The molecule has 4 nitrogen and oxygen atoms in total. The molecule has 114 valence electrons. The van der Waals surface area contributed by atoms with Crippen molar-refractivity contribution in [3.8, 4) is 11.3 Å². The second-order valence-electron chi connectivity index (χ2n) is 4.96. The Hall–Kier alpha value is -1.18. The number of aromatic nitrogens is 1. The third kappa shape index (κ3) is 3.42. The summed E-state index contributed by atoms with van der Waals surface area (Å²) in [5.74, 6) is 0.0375. The molecule has 22 heavy (non-hydrogen) atoms. The van der Waals surface area contributed by atoms with Gasteiger partial charge in [0.25, 0.3) is 0 Å². The van der Waals surface area contributed by atoms with Crippen molar-refractivity contribution in [2.75, 3.05) is 11.4 Å². The lowest BCUT2D eigenvalue weighted by Crippen LogP contribution is -2.24.